The van der Waals surface area contributed by atoms with Crippen molar-refractivity contribution in [3.63, 3.8) is 0 Å². The van der Waals surface area contributed by atoms with Crippen LogP contribution in [0.25, 0.3) is 0 Å². The summed E-state index contributed by atoms with van der Waals surface area (Å²) in [5.74, 6) is 0.957. The number of carbonyl (C=O) groups excluding carboxylic acids is 1. The van der Waals surface area contributed by atoms with Gasteiger partial charge in [-0.15, -0.1) is 0 Å². The number of oxime groups is 1. The fraction of sp³-hybridized carbons (Fsp3) is 0.500. The van der Waals surface area contributed by atoms with E-state index in [0.717, 1.165) is 55.6 Å². The zero-order valence-electron chi connectivity index (χ0n) is 19.1. The lowest BCUT2D eigenvalue weighted by Crippen LogP contribution is -2.47. The number of rotatable bonds is 6. The standard InChI is InChI=1S/C24H32N6O3/c1-33-27-23(21-4-2-3-11-30(21)32)19-8-14-29(15-9-19)24(31)20-6-12-28(13-7-20)17-18-5-10-26-22(25)16-18/h2-5,10-11,16,19-20H,6-9,12-15,17H2,1H3,(H2,25,26). The van der Waals surface area contributed by atoms with Crippen LogP contribution in [0.5, 0.6) is 0 Å². The molecule has 1 amide bonds. The monoisotopic (exact) mass is 452 g/mol. The van der Waals surface area contributed by atoms with Gasteiger partial charge in [-0.3, -0.25) is 9.69 Å². The lowest BCUT2D eigenvalue weighted by Gasteiger charge is -2.37. The van der Waals surface area contributed by atoms with E-state index in [9.17, 15) is 10.0 Å². The van der Waals surface area contributed by atoms with Crippen molar-refractivity contribution in [2.75, 3.05) is 39.0 Å². The molecular formula is C24H32N6O3. The molecule has 2 aliphatic rings. The first-order valence-electron chi connectivity index (χ1n) is 11.6. The van der Waals surface area contributed by atoms with Gasteiger partial charge in [0, 0.05) is 49.8 Å². The molecule has 33 heavy (non-hydrogen) atoms. The molecule has 0 saturated carbocycles. The minimum absolute atomic E-state index is 0.0744. The van der Waals surface area contributed by atoms with Gasteiger partial charge in [0.05, 0.1) is 0 Å². The van der Waals surface area contributed by atoms with Crippen LogP contribution < -0.4 is 10.5 Å². The van der Waals surface area contributed by atoms with E-state index in [2.05, 4.69) is 15.0 Å². The highest BCUT2D eigenvalue weighted by atomic mass is 16.6. The highest BCUT2D eigenvalue weighted by Gasteiger charge is 2.34. The van der Waals surface area contributed by atoms with E-state index in [1.54, 1.807) is 18.3 Å². The molecule has 9 heteroatoms. The van der Waals surface area contributed by atoms with E-state index >= 15 is 0 Å². The third-order valence-electron chi connectivity index (χ3n) is 6.66. The van der Waals surface area contributed by atoms with Gasteiger partial charge in [-0.25, -0.2) is 4.98 Å². The van der Waals surface area contributed by atoms with Crippen LogP contribution in [-0.4, -0.2) is 59.7 Å². The van der Waals surface area contributed by atoms with E-state index in [1.807, 2.05) is 23.1 Å². The Hall–Kier alpha value is -3.20. The number of nitrogens with two attached hydrogens (primary N) is 1. The molecule has 0 unspecified atom stereocenters. The molecule has 0 radical (unpaired) electrons. The fourth-order valence-electron chi connectivity index (χ4n) is 4.88. The van der Waals surface area contributed by atoms with Crippen molar-refractivity contribution >= 4 is 17.4 Å². The number of piperidine rings is 2. The van der Waals surface area contributed by atoms with Crippen molar-refractivity contribution in [2.24, 2.45) is 17.0 Å². The molecule has 2 saturated heterocycles. The molecule has 0 aliphatic carbocycles. The molecule has 0 bridgehead atoms. The number of hydrogen-bond acceptors (Lipinski definition) is 7. The minimum atomic E-state index is 0.0744. The summed E-state index contributed by atoms with van der Waals surface area (Å²) in [6.07, 6.45) is 6.49. The predicted octanol–water partition coefficient (Wildman–Crippen LogP) is 1.80. The van der Waals surface area contributed by atoms with Crippen LogP contribution in [0.1, 0.15) is 36.9 Å². The van der Waals surface area contributed by atoms with Gasteiger partial charge in [-0.1, -0.05) is 5.16 Å². The maximum absolute atomic E-state index is 13.2. The summed E-state index contributed by atoms with van der Waals surface area (Å²) >= 11 is 0. The van der Waals surface area contributed by atoms with Gasteiger partial charge in [0.15, 0.2) is 11.9 Å². The van der Waals surface area contributed by atoms with Crippen LogP contribution in [-0.2, 0) is 16.2 Å². The van der Waals surface area contributed by atoms with Crippen LogP contribution in [0.15, 0.2) is 47.9 Å². The maximum Gasteiger partial charge on any atom is 0.241 e. The molecule has 0 atom stereocenters. The molecule has 9 nitrogen and oxygen atoms in total. The lowest BCUT2D eigenvalue weighted by molar-refractivity contribution is -0.607. The molecule has 4 heterocycles. The van der Waals surface area contributed by atoms with E-state index < -0.39 is 0 Å². The number of aromatic nitrogens is 2. The number of amides is 1. The topological polar surface area (TPSA) is 111 Å². The number of carbonyl (C=O) groups is 1. The van der Waals surface area contributed by atoms with Crippen LogP contribution in [0.4, 0.5) is 5.82 Å². The van der Waals surface area contributed by atoms with Crippen molar-refractivity contribution in [1.29, 1.82) is 0 Å². The second-order valence-electron chi connectivity index (χ2n) is 8.81. The number of hydrogen-bond donors (Lipinski definition) is 1. The Morgan fingerprint density at radius 1 is 1.18 bits per heavy atom. The first-order chi connectivity index (χ1) is 16.0. The van der Waals surface area contributed by atoms with Crippen molar-refractivity contribution in [3.8, 4) is 0 Å². The molecular weight excluding hydrogens is 420 g/mol. The summed E-state index contributed by atoms with van der Waals surface area (Å²) in [5, 5.41) is 16.4. The Bertz CT molecular complexity index is 982. The van der Waals surface area contributed by atoms with E-state index in [1.165, 1.54) is 13.3 Å². The van der Waals surface area contributed by atoms with Gasteiger partial charge >= 0.3 is 0 Å². The fourth-order valence-corrected chi connectivity index (χ4v) is 4.88. The van der Waals surface area contributed by atoms with Crippen molar-refractivity contribution in [3.05, 3.63) is 59.2 Å². The average molecular weight is 453 g/mol. The summed E-state index contributed by atoms with van der Waals surface area (Å²) < 4.78 is 0.823. The van der Waals surface area contributed by atoms with Gasteiger partial charge in [0.1, 0.15) is 12.9 Å². The zero-order valence-corrected chi connectivity index (χ0v) is 19.1. The van der Waals surface area contributed by atoms with Gasteiger partial charge < -0.3 is 20.7 Å². The summed E-state index contributed by atoms with van der Waals surface area (Å²) in [7, 11) is 1.49. The van der Waals surface area contributed by atoms with Gasteiger partial charge in [0.2, 0.25) is 11.6 Å². The van der Waals surface area contributed by atoms with Crippen LogP contribution in [0, 0.1) is 17.0 Å². The van der Waals surface area contributed by atoms with Crippen molar-refractivity contribution in [2.45, 2.75) is 32.2 Å². The largest absolute Gasteiger partial charge is 0.618 e. The molecule has 0 spiro atoms. The number of nitrogen functional groups attached to an aromatic ring is 1. The maximum atomic E-state index is 13.2. The molecule has 4 rings (SSSR count). The van der Waals surface area contributed by atoms with Crippen LogP contribution in [0.2, 0.25) is 0 Å². The first kappa shape index (κ1) is 23.0. The van der Waals surface area contributed by atoms with E-state index in [0.29, 0.717) is 30.3 Å². The normalized spacial score (nSPS) is 18.9. The Labute approximate surface area is 194 Å². The number of anilines is 1. The van der Waals surface area contributed by atoms with Gasteiger partial charge in [-0.05, 0) is 62.5 Å². The number of likely N-dealkylation sites (tertiary alicyclic amines) is 2. The molecule has 2 aromatic rings. The quantitative estimate of drug-likeness (QED) is 0.310. The second-order valence-corrected chi connectivity index (χ2v) is 8.81. The summed E-state index contributed by atoms with van der Waals surface area (Å²) in [5.41, 5.74) is 8.10. The molecule has 2 aliphatic heterocycles. The molecule has 2 fully saturated rings. The summed E-state index contributed by atoms with van der Waals surface area (Å²) in [6, 6.07) is 9.18. The van der Waals surface area contributed by atoms with Crippen molar-refractivity contribution < 1.29 is 14.4 Å². The smallest absolute Gasteiger partial charge is 0.241 e. The van der Waals surface area contributed by atoms with Crippen LogP contribution in [0.3, 0.4) is 0 Å². The third kappa shape index (κ3) is 5.60. The van der Waals surface area contributed by atoms with Crippen LogP contribution >= 0.6 is 0 Å². The van der Waals surface area contributed by atoms with Gasteiger partial charge in [0.25, 0.3) is 0 Å². The summed E-state index contributed by atoms with van der Waals surface area (Å²) in [6.45, 7) is 3.98. The molecule has 176 valence electrons. The number of pyridine rings is 2. The summed E-state index contributed by atoms with van der Waals surface area (Å²) in [4.78, 5) is 26.6. The Balaban J connectivity index is 1.29. The third-order valence-corrected chi connectivity index (χ3v) is 6.66. The lowest BCUT2D eigenvalue weighted by atomic mass is 9.88. The number of nitrogens with zero attached hydrogens (tertiary/aromatic N) is 5. The first-order valence-corrected chi connectivity index (χ1v) is 11.6. The van der Waals surface area contributed by atoms with Gasteiger partial charge in [-0.2, -0.15) is 4.73 Å². The highest BCUT2D eigenvalue weighted by molar-refractivity contribution is 5.99. The average Bonchev–Trinajstić information content (AvgIpc) is 2.83. The van der Waals surface area contributed by atoms with Crippen molar-refractivity contribution in [1.82, 2.24) is 14.8 Å². The predicted molar refractivity (Wildman–Crippen MR) is 125 cm³/mol. The van der Waals surface area contributed by atoms with E-state index in [4.69, 9.17) is 10.6 Å². The highest BCUT2D eigenvalue weighted by Crippen LogP contribution is 2.26. The SMILES string of the molecule is CON=C(c1cccc[n+]1[O-])C1CCN(C(=O)C2CCN(Cc3ccnc(N)c3)CC2)CC1. The Morgan fingerprint density at radius 2 is 1.91 bits per heavy atom. The Morgan fingerprint density at radius 3 is 2.58 bits per heavy atom. The molecule has 2 N–H and O–H groups in total. The molecule has 2 aromatic heterocycles. The zero-order chi connectivity index (χ0) is 23.2. The van der Waals surface area contributed by atoms with E-state index in [-0.39, 0.29) is 17.7 Å². The molecule has 0 aromatic carbocycles. The Kier molecular flexibility index (Phi) is 7.39. The minimum Gasteiger partial charge on any atom is -0.618 e. The second kappa shape index (κ2) is 10.6.